The molecule has 3 heteroatoms. The molecule has 2 heterocycles. The first-order valence-corrected chi connectivity index (χ1v) is 4.51. The Hall–Kier alpha value is 0.650. The molecule has 0 amide bonds. The molecule has 0 aromatic rings. The summed E-state index contributed by atoms with van der Waals surface area (Å²) in [7, 11) is 0. The van der Waals surface area contributed by atoms with Gasteiger partial charge in [-0.25, -0.2) is 0 Å². The second-order valence-electron chi connectivity index (χ2n) is 2.95. The largest absolute Gasteiger partial charge is 0.380 e. The van der Waals surface area contributed by atoms with Crippen molar-refractivity contribution in [3.05, 3.63) is 0 Å². The highest BCUT2D eigenvalue weighted by molar-refractivity contribution is 14.1. The van der Waals surface area contributed by atoms with Crippen molar-refractivity contribution in [3.8, 4) is 0 Å². The average Bonchev–Trinajstić information content (AvgIpc) is 2.07. The summed E-state index contributed by atoms with van der Waals surface area (Å²) in [6.07, 6.45) is 0. The van der Waals surface area contributed by atoms with E-state index in [1.807, 2.05) is 0 Å². The van der Waals surface area contributed by atoms with Gasteiger partial charge < -0.3 is 10.1 Å². The number of hydrogen-bond acceptors (Lipinski definition) is 2. The third-order valence-corrected chi connectivity index (χ3v) is 4.01. The van der Waals surface area contributed by atoms with Gasteiger partial charge in [-0.3, -0.25) is 0 Å². The van der Waals surface area contributed by atoms with Crippen LogP contribution in [0.3, 0.4) is 0 Å². The van der Waals surface area contributed by atoms with Crippen LogP contribution in [0.2, 0.25) is 0 Å². The molecule has 1 N–H and O–H groups in total. The van der Waals surface area contributed by atoms with Crippen molar-refractivity contribution in [3.63, 3.8) is 0 Å². The van der Waals surface area contributed by atoms with Crippen LogP contribution in [0.1, 0.15) is 0 Å². The first kappa shape index (κ1) is 6.37. The lowest BCUT2D eigenvalue weighted by molar-refractivity contribution is -0.0942. The molecule has 1 unspecified atom stereocenters. The smallest absolute Gasteiger partial charge is 0.0567 e. The van der Waals surface area contributed by atoms with Gasteiger partial charge >= 0.3 is 0 Å². The number of ether oxygens (including phenoxy) is 1. The van der Waals surface area contributed by atoms with E-state index in [4.69, 9.17) is 4.74 Å². The summed E-state index contributed by atoms with van der Waals surface area (Å²) in [5, 5.41) is 3.38. The van der Waals surface area contributed by atoms with Crippen molar-refractivity contribution in [1.82, 2.24) is 5.32 Å². The molecule has 0 aromatic carbocycles. The number of rotatable bonds is 0. The lowest BCUT2D eigenvalue weighted by atomic mass is 9.85. The number of halogens is 1. The van der Waals surface area contributed by atoms with Gasteiger partial charge in [0.15, 0.2) is 0 Å². The fraction of sp³-hybridized carbons (Fsp3) is 1.00. The summed E-state index contributed by atoms with van der Waals surface area (Å²) in [6.45, 7) is 4.30. The average molecular weight is 239 g/mol. The highest BCUT2D eigenvalue weighted by Gasteiger charge is 2.47. The maximum Gasteiger partial charge on any atom is 0.0567 e. The van der Waals surface area contributed by atoms with E-state index in [1.54, 1.807) is 0 Å². The molecule has 0 saturated carbocycles. The highest BCUT2D eigenvalue weighted by atomic mass is 127. The SMILES string of the molecule is IC1CNCC12COC2. The lowest BCUT2D eigenvalue weighted by Gasteiger charge is -2.39. The minimum absolute atomic E-state index is 0.528. The van der Waals surface area contributed by atoms with Crippen LogP contribution in [0.15, 0.2) is 0 Å². The molecule has 0 aromatic heterocycles. The van der Waals surface area contributed by atoms with Crippen molar-refractivity contribution < 1.29 is 4.74 Å². The molecule has 2 nitrogen and oxygen atoms in total. The van der Waals surface area contributed by atoms with Gasteiger partial charge in [0, 0.05) is 22.4 Å². The molecule has 2 saturated heterocycles. The van der Waals surface area contributed by atoms with Crippen molar-refractivity contribution in [2.24, 2.45) is 5.41 Å². The molecule has 0 bridgehead atoms. The Bertz CT molecular complexity index is 124. The first-order chi connectivity index (χ1) is 4.33. The third kappa shape index (κ3) is 0.816. The van der Waals surface area contributed by atoms with Gasteiger partial charge in [0.1, 0.15) is 0 Å². The monoisotopic (exact) mass is 239 g/mol. The quantitative estimate of drug-likeness (QED) is 0.488. The van der Waals surface area contributed by atoms with Crippen LogP contribution in [0.25, 0.3) is 0 Å². The Morgan fingerprint density at radius 1 is 1.56 bits per heavy atom. The minimum atomic E-state index is 0.528. The molecule has 2 rings (SSSR count). The zero-order chi connectivity index (χ0) is 6.32. The Morgan fingerprint density at radius 3 is 2.56 bits per heavy atom. The van der Waals surface area contributed by atoms with Crippen LogP contribution in [-0.4, -0.2) is 30.2 Å². The van der Waals surface area contributed by atoms with E-state index >= 15 is 0 Å². The van der Waals surface area contributed by atoms with Gasteiger partial charge in [-0.15, -0.1) is 0 Å². The molecule has 52 valence electrons. The van der Waals surface area contributed by atoms with Crippen LogP contribution in [0.5, 0.6) is 0 Å². The number of alkyl halides is 1. The normalized spacial score (nSPS) is 39.0. The lowest BCUT2D eigenvalue weighted by Crippen LogP contribution is -2.49. The standard InChI is InChI=1S/C6H10INO/c7-5-1-8-2-6(5)3-9-4-6/h5,8H,1-4H2. The maximum absolute atomic E-state index is 5.19. The molecule has 2 aliphatic rings. The van der Waals surface area contributed by atoms with Crippen molar-refractivity contribution in [2.45, 2.75) is 3.92 Å². The van der Waals surface area contributed by atoms with E-state index in [0.29, 0.717) is 5.41 Å². The number of nitrogens with one attached hydrogen (secondary N) is 1. The van der Waals surface area contributed by atoms with E-state index in [1.165, 1.54) is 13.1 Å². The molecule has 2 aliphatic heterocycles. The molecule has 2 fully saturated rings. The fourth-order valence-electron chi connectivity index (χ4n) is 1.42. The van der Waals surface area contributed by atoms with E-state index in [2.05, 4.69) is 27.9 Å². The summed E-state index contributed by atoms with van der Waals surface area (Å²) in [6, 6.07) is 0. The second-order valence-corrected chi connectivity index (χ2v) is 4.46. The molecule has 0 radical (unpaired) electrons. The molecule has 1 spiro atoms. The van der Waals surface area contributed by atoms with Crippen molar-refractivity contribution >= 4 is 22.6 Å². The van der Waals surface area contributed by atoms with E-state index in [0.717, 1.165) is 17.1 Å². The fourth-order valence-corrected chi connectivity index (χ4v) is 2.31. The van der Waals surface area contributed by atoms with Gasteiger partial charge in [0.25, 0.3) is 0 Å². The number of hydrogen-bond donors (Lipinski definition) is 1. The van der Waals surface area contributed by atoms with Gasteiger partial charge in [0.05, 0.1) is 13.2 Å². The van der Waals surface area contributed by atoms with Crippen LogP contribution in [0, 0.1) is 5.41 Å². The van der Waals surface area contributed by atoms with Gasteiger partial charge in [0.2, 0.25) is 0 Å². The summed E-state index contributed by atoms with van der Waals surface area (Å²) < 4.78 is 5.98. The molecule has 9 heavy (non-hydrogen) atoms. The summed E-state index contributed by atoms with van der Waals surface area (Å²) in [4.78, 5) is 0. The molecular weight excluding hydrogens is 229 g/mol. The second kappa shape index (κ2) is 2.07. The molecule has 0 aliphatic carbocycles. The predicted octanol–water partition coefficient (Wildman–Crippen LogP) is 0.410. The van der Waals surface area contributed by atoms with E-state index < -0.39 is 0 Å². The van der Waals surface area contributed by atoms with E-state index in [9.17, 15) is 0 Å². The summed E-state index contributed by atoms with van der Waals surface area (Å²) >= 11 is 2.52. The summed E-state index contributed by atoms with van der Waals surface area (Å²) in [5.74, 6) is 0. The first-order valence-electron chi connectivity index (χ1n) is 3.26. The maximum atomic E-state index is 5.19. The predicted molar refractivity (Wildman–Crippen MR) is 43.9 cm³/mol. The molecular formula is C6H10INO. The zero-order valence-corrected chi connectivity index (χ0v) is 7.35. The Kier molecular flexibility index (Phi) is 1.46. The highest BCUT2D eigenvalue weighted by Crippen LogP contribution is 2.38. The summed E-state index contributed by atoms with van der Waals surface area (Å²) in [5.41, 5.74) is 0.528. The Balaban J connectivity index is 2.09. The van der Waals surface area contributed by atoms with Crippen LogP contribution in [-0.2, 0) is 4.74 Å². The van der Waals surface area contributed by atoms with Crippen molar-refractivity contribution in [2.75, 3.05) is 26.3 Å². The van der Waals surface area contributed by atoms with Gasteiger partial charge in [-0.2, -0.15) is 0 Å². The van der Waals surface area contributed by atoms with Crippen LogP contribution in [0.4, 0.5) is 0 Å². The van der Waals surface area contributed by atoms with Crippen molar-refractivity contribution in [1.29, 1.82) is 0 Å². The van der Waals surface area contributed by atoms with Gasteiger partial charge in [-0.1, -0.05) is 22.6 Å². The van der Waals surface area contributed by atoms with Crippen LogP contribution < -0.4 is 5.32 Å². The topological polar surface area (TPSA) is 21.3 Å². The Labute approximate surface area is 68.5 Å². The Morgan fingerprint density at radius 2 is 2.33 bits per heavy atom. The van der Waals surface area contributed by atoms with Gasteiger partial charge in [-0.05, 0) is 0 Å². The third-order valence-electron chi connectivity index (χ3n) is 2.24. The minimum Gasteiger partial charge on any atom is -0.380 e. The molecule has 1 atom stereocenters. The van der Waals surface area contributed by atoms with Crippen LogP contribution >= 0.6 is 22.6 Å². The zero-order valence-electron chi connectivity index (χ0n) is 5.19. The van der Waals surface area contributed by atoms with E-state index in [-0.39, 0.29) is 0 Å².